The molecule has 0 saturated carbocycles. The van der Waals surface area contributed by atoms with E-state index in [4.69, 9.17) is 0 Å². The van der Waals surface area contributed by atoms with Gasteiger partial charge in [0.05, 0.1) is 0 Å². The van der Waals surface area contributed by atoms with Crippen molar-refractivity contribution in [3.8, 4) is 0 Å². The second-order valence-corrected chi connectivity index (χ2v) is 5.61. The normalized spacial score (nSPS) is 16.2. The molecule has 0 saturated heterocycles. The largest absolute Gasteiger partial charge is 0.312 e. The summed E-state index contributed by atoms with van der Waals surface area (Å²) in [5.41, 5.74) is 4.39. The second-order valence-electron chi connectivity index (χ2n) is 5.61. The number of nitrogens with one attached hydrogen (secondary N) is 1. The Hall–Kier alpha value is -0.890. The number of hydrogen-bond donors (Lipinski definition) is 1. The summed E-state index contributed by atoms with van der Waals surface area (Å²) in [6.45, 7) is 8.86. The van der Waals surface area contributed by atoms with Crippen molar-refractivity contribution in [3.63, 3.8) is 0 Å². The summed E-state index contributed by atoms with van der Waals surface area (Å²) < 4.78 is 0. The lowest BCUT2D eigenvalue weighted by molar-refractivity contribution is 0.410. The highest BCUT2D eigenvalue weighted by atomic mass is 14.9. The molecule has 2 rings (SSSR count). The molecule has 0 amide bonds. The Labute approximate surface area is 92.1 Å². The Kier molecular flexibility index (Phi) is 2.79. The van der Waals surface area contributed by atoms with Crippen molar-refractivity contribution in [2.75, 3.05) is 6.54 Å². The highest BCUT2D eigenvalue weighted by Crippen LogP contribution is 2.22. The molecule has 2 heteroatoms. The molecule has 0 fully saturated rings. The predicted molar refractivity (Wildman–Crippen MR) is 62.8 cm³/mol. The summed E-state index contributed by atoms with van der Waals surface area (Å²) in [6.07, 6.45) is 4.23. The van der Waals surface area contributed by atoms with Gasteiger partial charge in [0.2, 0.25) is 0 Å². The van der Waals surface area contributed by atoms with Gasteiger partial charge >= 0.3 is 0 Å². The van der Waals surface area contributed by atoms with Gasteiger partial charge in [0.25, 0.3) is 0 Å². The SMILES string of the molecule is CC(C)(C)Cc1cnc2c(c1)CNCC2. The number of fused-ring (bicyclic) bond motifs is 1. The van der Waals surface area contributed by atoms with Crippen molar-refractivity contribution in [1.82, 2.24) is 10.3 Å². The molecule has 1 aliphatic heterocycles. The van der Waals surface area contributed by atoms with Crippen molar-refractivity contribution >= 4 is 0 Å². The van der Waals surface area contributed by atoms with Gasteiger partial charge in [0.15, 0.2) is 0 Å². The molecule has 1 aromatic heterocycles. The van der Waals surface area contributed by atoms with Crippen LogP contribution in [0.4, 0.5) is 0 Å². The van der Waals surface area contributed by atoms with Crippen LogP contribution in [-0.4, -0.2) is 11.5 Å². The summed E-state index contributed by atoms with van der Waals surface area (Å²) in [5, 5.41) is 3.39. The highest BCUT2D eigenvalue weighted by Gasteiger charge is 2.14. The van der Waals surface area contributed by atoms with Crippen LogP contribution >= 0.6 is 0 Å². The third-order valence-electron chi connectivity index (χ3n) is 2.70. The van der Waals surface area contributed by atoms with E-state index >= 15 is 0 Å². The first-order valence-corrected chi connectivity index (χ1v) is 5.72. The van der Waals surface area contributed by atoms with Gasteiger partial charge in [-0.1, -0.05) is 26.8 Å². The van der Waals surface area contributed by atoms with E-state index in [9.17, 15) is 0 Å². The lowest BCUT2D eigenvalue weighted by Gasteiger charge is -2.21. The fraction of sp³-hybridized carbons (Fsp3) is 0.615. The van der Waals surface area contributed by atoms with Crippen LogP contribution in [0.1, 0.15) is 37.6 Å². The zero-order valence-corrected chi connectivity index (χ0v) is 9.93. The minimum atomic E-state index is 0.345. The van der Waals surface area contributed by atoms with Gasteiger partial charge in [-0.05, 0) is 23.0 Å². The Bertz CT molecular complexity index is 350. The van der Waals surface area contributed by atoms with Crippen LogP contribution < -0.4 is 5.32 Å². The van der Waals surface area contributed by atoms with Crippen LogP contribution in [0.25, 0.3) is 0 Å². The lowest BCUT2D eigenvalue weighted by atomic mass is 9.88. The number of hydrogen-bond acceptors (Lipinski definition) is 2. The van der Waals surface area contributed by atoms with Crippen molar-refractivity contribution in [2.45, 2.75) is 40.2 Å². The zero-order valence-electron chi connectivity index (χ0n) is 9.93. The lowest BCUT2D eigenvalue weighted by Crippen LogP contribution is -2.25. The molecule has 15 heavy (non-hydrogen) atoms. The maximum atomic E-state index is 4.56. The molecule has 0 aromatic carbocycles. The van der Waals surface area contributed by atoms with Gasteiger partial charge in [-0.2, -0.15) is 0 Å². The van der Waals surface area contributed by atoms with Gasteiger partial charge < -0.3 is 5.32 Å². The number of rotatable bonds is 1. The van der Waals surface area contributed by atoms with E-state index in [1.807, 2.05) is 0 Å². The number of nitrogens with zero attached hydrogens (tertiary/aromatic N) is 1. The number of aromatic nitrogens is 1. The molecule has 2 heterocycles. The molecule has 1 N–H and O–H groups in total. The second kappa shape index (κ2) is 3.93. The van der Waals surface area contributed by atoms with E-state index in [1.54, 1.807) is 0 Å². The van der Waals surface area contributed by atoms with Gasteiger partial charge in [-0.25, -0.2) is 0 Å². The topological polar surface area (TPSA) is 24.9 Å². The predicted octanol–water partition coefficient (Wildman–Crippen LogP) is 2.32. The summed E-state index contributed by atoms with van der Waals surface area (Å²) in [5.74, 6) is 0. The Morgan fingerprint density at radius 2 is 2.20 bits per heavy atom. The van der Waals surface area contributed by atoms with Crippen LogP contribution in [0.2, 0.25) is 0 Å². The van der Waals surface area contributed by atoms with Crippen molar-refractivity contribution in [2.24, 2.45) is 5.41 Å². The standard InChI is InChI=1S/C13H20N2/c1-13(2,3)7-10-6-11-9-14-5-4-12(11)15-8-10/h6,8,14H,4-5,7,9H2,1-3H3. The third-order valence-corrected chi connectivity index (χ3v) is 2.70. The molecule has 0 aliphatic carbocycles. The quantitative estimate of drug-likeness (QED) is 0.759. The molecule has 0 bridgehead atoms. The maximum Gasteiger partial charge on any atom is 0.0461 e. The molecule has 0 spiro atoms. The smallest absolute Gasteiger partial charge is 0.0461 e. The van der Waals surface area contributed by atoms with Crippen LogP contribution in [0.5, 0.6) is 0 Å². The first-order valence-electron chi connectivity index (χ1n) is 5.72. The minimum absolute atomic E-state index is 0.345. The molecular formula is C13H20N2. The molecule has 82 valence electrons. The van der Waals surface area contributed by atoms with Crippen LogP contribution in [0.15, 0.2) is 12.3 Å². The fourth-order valence-corrected chi connectivity index (χ4v) is 2.11. The van der Waals surface area contributed by atoms with E-state index in [-0.39, 0.29) is 0 Å². The van der Waals surface area contributed by atoms with Crippen molar-refractivity contribution < 1.29 is 0 Å². The molecular weight excluding hydrogens is 184 g/mol. The summed E-state index contributed by atoms with van der Waals surface area (Å²) in [6, 6.07) is 2.32. The van der Waals surface area contributed by atoms with Gasteiger partial charge in [0, 0.05) is 31.4 Å². The third kappa shape index (κ3) is 2.78. The molecule has 1 aliphatic rings. The first kappa shape index (κ1) is 10.6. The molecule has 0 unspecified atom stereocenters. The summed E-state index contributed by atoms with van der Waals surface area (Å²) >= 11 is 0. The van der Waals surface area contributed by atoms with E-state index in [2.05, 4.69) is 43.3 Å². The van der Waals surface area contributed by atoms with Crippen molar-refractivity contribution in [1.29, 1.82) is 0 Å². The molecule has 0 atom stereocenters. The minimum Gasteiger partial charge on any atom is -0.312 e. The Morgan fingerprint density at radius 3 is 2.93 bits per heavy atom. The van der Waals surface area contributed by atoms with Gasteiger partial charge in [-0.15, -0.1) is 0 Å². The molecule has 2 nitrogen and oxygen atoms in total. The average molecular weight is 204 g/mol. The van der Waals surface area contributed by atoms with Gasteiger partial charge in [-0.3, -0.25) is 4.98 Å². The molecule has 1 aromatic rings. The van der Waals surface area contributed by atoms with Crippen LogP contribution in [0, 0.1) is 5.41 Å². The first-order chi connectivity index (χ1) is 7.04. The highest BCUT2D eigenvalue weighted by molar-refractivity contribution is 5.27. The Morgan fingerprint density at radius 1 is 1.40 bits per heavy atom. The van der Waals surface area contributed by atoms with E-state index in [0.717, 1.165) is 25.9 Å². The molecule has 0 radical (unpaired) electrons. The zero-order chi connectivity index (χ0) is 10.9. The van der Waals surface area contributed by atoms with E-state index in [1.165, 1.54) is 16.8 Å². The van der Waals surface area contributed by atoms with Crippen LogP contribution in [-0.2, 0) is 19.4 Å². The van der Waals surface area contributed by atoms with E-state index < -0.39 is 0 Å². The Balaban J connectivity index is 2.21. The summed E-state index contributed by atoms with van der Waals surface area (Å²) in [4.78, 5) is 4.56. The monoisotopic (exact) mass is 204 g/mol. The average Bonchev–Trinajstić information content (AvgIpc) is 2.15. The fourth-order valence-electron chi connectivity index (χ4n) is 2.11. The van der Waals surface area contributed by atoms with Gasteiger partial charge in [0.1, 0.15) is 0 Å². The number of pyridine rings is 1. The van der Waals surface area contributed by atoms with Crippen molar-refractivity contribution in [3.05, 3.63) is 29.1 Å². The van der Waals surface area contributed by atoms with E-state index in [0.29, 0.717) is 5.41 Å². The summed E-state index contributed by atoms with van der Waals surface area (Å²) in [7, 11) is 0. The maximum absolute atomic E-state index is 4.56. The van der Waals surface area contributed by atoms with Crippen LogP contribution in [0.3, 0.4) is 0 Å².